The number of carbonyl (C=O) groups is 2. The Balaban J connectivity index is 2.03. The second-order valence-corrected chi connectivity index (χ2v) is 7.00. The van der Waals surface area contributed by atoms with Gasteiger partial charge in [0.25, 0.3) is 5.91 Å². The van der Waals surface area contributed by atoms with Crippen LogP contribution >= 0.6 is 23.2 Å². The van der Waals surface area contributed by atoms with E-state index < -0.39 is 35.4 Å². The Hall–Kier alpha value is -2.71. The second kappa shape index (κ2) is 7.96. The molecule has 3 N–H and O–H groups in total. The molecule has 1 aliphatic heterocycles. The number of para-hydroxylation sites is 1. The van der Waals surface area contributed by atoms with Gasteiger partial charge in [0, 0.05) is 5.70 Å². The van der Waals surface area contributed by atoms with Gasteiger partial charge in [0.05, 0.1) is 32.9 Å². The molecule has 29 heavy (non-hydrogen) atoms. The fourth-order valence-electron chi connectivity index (χ4n) is 3.00. The van der Waals surface area contributed by atoms with Crippen molar-refractivity contribution >= 4 is 40.8 Å². The van der Waals surface area contributed by atoms with Crippen LogP contribution in [0.2, 0.25) is 10.0 Å². The van der Waals surface area contributed by atoms with Crippen LogP contribution in [-0.4, -0.2) is 11.9 Å². The molecule has 2 aromatic rings. The predicted octanol–water partition coefficient (Wildman–Crippen LogP) is 5.28. The standard InChI is InChI=1S/C19H14Cl2F3N3O2/c1-9-14(17(28)26-13-8-3-2-6-11(13)19(22,23)24)16(27-18(29)25-9)10-5-4-7-12(20)15(10)21/h2-8,16H,1H3,(H,26,28)(H2,25,27,29)/t16-/m1/s1. The molecule has 0 aromatic heterocycles. The summed E-state index contributed by atoms with van der Waals surface area (Å²) in [7, 11) is 0. The summed E-state index contributed by atoms with van der Waals surface area (Å²) < 4.78 is 39.7. The second-order valence-electron chi connectivity index (χ2n) is 6.21. The molecule has 1 heterocycles. The minimum Gasteiger partial charge on any atom is -0.327 e. The van der Waals surface area contributed by atoms with Gasteiger partial charge in [-0.15, -0.1) is 0 Å². The molecule has 1 atom stereocenters. The zero-order valence-corrected chi connectivity index (χ0v) is 16.3. The highest BCUT2D eigenvalue weighted by atomic mass is 35.5. The monoisotopic (exact) mass is 443 g/mol. The maximum absolute atomic E-state index is 13.2. The molecule has 5 nitrogen and oxygen atoms in total. The first kappa shape index (κ1) is 21.0. The van der Waals surface area contributed by atoms with Gasteiger partial charge in [-0.1, -0.05) is 47.5 Å². The van der Waals surface area contributed by atoms with Crippen LogP contribution in [0.1, 0.15) is 24.1 Å². The lowest BCUT2D eigenvalue weighted by Gasteiger charge is -2.29. The number of nitrogens with one attached hydrogen (secondary N) is 3. The average Bonchev–Trinajstić information content (AvgIpc) is 2.62. The summed E-state index contributed by atoms with van der Waals surface area (Å²) in [5, 5.41) is 7.61. The number of alkyl halides is 3. The SMILES string of the molecule is CC1=C(C(=O)Nc2ccccc2C(F)(F)F)[C@@H](c2cccc(Cl)c2Cl)NC(=O)N1. The number of urea groups is 1. The molecule has 0 saturated carbocycles. The molecule has 3 amide bonds. The molecular weight excluding hydrogens is 430 g/mol. The number of amides is 3. The van der Waals surface area contributed by atoms with Crippen molar-refractivity contribution in [1.82, 2.24) is 10.6 Å². The summed E-state index contributed by atoms with van der Waals surface area (Å²) in [5.41, 5.74) is -0.875. The quantitative estimate of drug-likeness (QED) is 0.603. The third kappa shape index (κ3) is 4.33. The number of benzene rings is 2. The normalized spacial score (nSPS) is 16.9. The van der Waals surface area contributed by atoms with Gasteiger partial charge in [-0.25, -0.2) is 4.79 Å². The number of rotatable bonds is 3. The number of allylic oxidation sites excluding steroid dienone is 1. The van der Waals surface area contributed by atoms with E-state index in [0.29, 0.717) is 5.56 Å². The topological polar surface area (TPSA) is 70.2 Å². The predicted molar refractivity (Wildman–Crippen MR) is 104 cm³/mol. The van der Waals surface area contributed by atoms with Crippen molar-refractivity contribution in [2.24, 2.45) is 0 Å². The highest BCUT2D eigenvalue weighted by Crippen LogP contribution is 2.37. The molecule has 10 heteroatoms. The number of halogens is 5. The van der Waals surface area contributed by atoms with Gasteiger partial charge >= 0.3 is 12.2 Å². The molecule has 0 aliphatic carbocycles. The molecule has 3 rings (SSSR count). The van der Waals surface area contributed by atoms with Crippen molar-refractivity contribution < 1.29 is 22.8 Å². The Morgan fingerprint density at radius 3 is 2.48 bits per heavy atom. The highest BCUT2D eigenvalue weighted by molar-refractivity contribution is 6.42. The van der Waals surface area contributed by atoms with Crippen molar-refractivity contribution in [2.45, 2.75) is 19.1 Å². The fraction of sp³-hybridized carbons (Fsp3) is 0.158. The van der Waals surface area contributed by atoms with Crippen LogP contribution in [0, 0.1) is 0 Å². The molecule has 0 spiro atoms. The third-order valence-corrected chi connectivity index (χ3v) is 5.12. The lowest BCUT2D eigenvalue weighted by molar-refractivity contribution is -0.137. The van der Waals surface area contributed by atoms with Crippen molar-refractivity contribution in [3.8, 4) is 0 Å². The van der Waals surface area contributed by atoms with Crippen LogP contribution in [0.25, 0.3) is 0 Å². The zero-order chi connectivity index (χ0) is 21.3. The van der Waals surface area contributed by atoms with E-state index in [-0.39, 0.29) is 21.3 Å². The van der Waals surface area contributed by atoms with E-state index in [1.807, 2.05) is 0 Å². The highest BCUT2D eigenvalue weighted by Gasteiger charge is 2.36. The molecular formula is C19H14Cl2F3N3O2. The minimum atomic E-state index is -4.65. The van der Waals surface area contributed by atoms with Gasteiger partial charge in [0.1, 0.15) is 0 Å². The van der Waals surface area contributed by atoms with Gasteiger partial charge < -0.3 is 16.0 Å². The zero-order valence-electron chi connectivity index (χ0n) is 14.8. The first-order valence-electron chi connectivity index (χ1n) is 8.29. The Labute approximate surface area is 173 Å². The lowest BCUT2D eigenvalue weighted by Crippen LogP contribution is -2.46. The molecule has 152 valence electrons. The van der Waals surface area contributed by atoms with Crippen molar-refractivity contribution in [1.29, 1.82) is 0 Å². The van der Waals surface area contributed by atoms with Crippen LogP contribution in [0.4, 0.5) is 23.7 Å². The van der Waals surface area contributed by atoms with E-state index in [0.717, 1.165) is 12.1 Å². The van der Waals surface area contributed by atoms with Gasteiger partial charge in [-0.3, -0.25) is 4.79 Å². The van der Waals surface area contributed by atoms with Crippen LogP contribution in [0.5, 0.6) is 0 Å². The van der Waals surface area contributed by atoms with E-state index in [2.05, 4.69) is 16.0 Å². The molecule has 0 unspecified atom stereocenters. The van der Waals surface area contributed by atoms with Crippen molar-refractivity contribution in [3.63, 3.8) is 0 Å². The largest absolute Gasteiger partial charge is 0.418 e. The number of hydrogen-bond donors (Lipinski definition) is 3. The Kier molecular flexibility index (Phi) is 5.77. The summed E-state index contributed by atoms with van der Waals surface area (Å²) in [6.45, 7) is 1.47. The Morgan fingerprint density at radius 1 is 1.10 bits per heavy atom. The van der Waals surface area contributed by atoms with E-state index in [4.69, 9.17) is 23.2 Å². The fourth-order valence-corrected chi connectivity index (χ4v) is 3.42. The Bertz CT molecular complexity index is 1020. The number of anilines is 1. The summed E-state index contributed by atoms with van der Waals surface area (Å²) in [5.74, 6) is -0.826. The smallest absolute Gasteiger partial charge is 0.327 e. The van der Waals surface area contributed by atoms with Crippen LogP contribution in [-0.2, 0) is 11.0 Å². The van der Waals surface area contributed by atoms with Gasteiger partial charge in [0.2, 0.25) is 0 Å². The van der Waals surface area contributed by atoms with Crippen molar-refractivity contribution in [3.05, 3.63) is 74.9 Å². The molecule has 0 radical (unpaired) electrons. The van der Waals surface area contributed by atoms with Crippen LogP contribution < -0.4 is 16.0 Å². The molecule has 2 aromatic carbocycles. The first-order chi connectivity index (χ1) is 13.6. The van der Waals surface area contributed by atoms with E-state index in [1.165, 1.54) is 25.1 Å². The van der Waals surface area contributed by atoms with Gasteiger partial charge in [0.15, 0.2) is 0 Å². The first-order valence-corrected chi connectivity index (χ1v) is 9.05. The maximum Gasteiger partial charge on any atom is 0.418 e. The van der Waals surface area contributed by atoms with Crippen LogP contribution in [0.15, 0.2) is 53.7 Å². The minimum absolute atomic E-state index is 0.00532. The summed E-state index contributed by atoms with van der Waals surface area (Å²) in [6, 6.07) is 7.69. The molecule has 0 fully saturated rings. The summed E-state index contributed by atoms with van der Waals surface area (Å²) in [4.78, 5) is 24.9. The summed E-state index contributed by atoms with van der Waals surface area (Å²) in [6.07, 6.45) is -4.65. The Morgan fingerprint density at radius 2 is 1.79 bits per heavy atom. The number of hydrogen-bond acceptors (Lipinski definition) is 2. The maximum atomic E-state index is 13.2. The van der Waals surface area contributed by atoms with Crippen molar-refractivity contribution in [2.75, 3.05) is 5.32 Å². The van der Waals surface area contributed by atoms with Crippen LogP contribution in [0.3, 0.4) is 0 Å². The average molecular weight is 444 g/mol. The lowest BCUT2D eigenvalue weighted by atomic mass is 9.94. The third-order valence-electron chi connectivity index (χ3n) is 4.29. The van der Waals surface area contributed by atoms with E-state index in [9.17, 15) is 22.8 Å². The van der Waals surface area contributed by atoms with E-state index >= 15 is 0 Å². The molecule has 1 aliphatic rings. The van der Waals surface area contributed by atoms with Gasteiger partial charge in [-0.05, 0) is 30.7 Å². The van der Waals surface area contributed by atoms with E-state index in [1.54, 1.807) is 12.1 Å². The molecule has 0 saturated heterocycles. The van der Waals surface area contributed by atoms with Gasteiger partial charge in [-0.2, -0.15) is 13.2 Å². The summed E-state index contributed by atoms with van der Waals surface area (Å²) >= 11 is 12.3. The molecule has 0 bridgehead atoms. The number of carbonyl (C=O) groups excluding carboxylic acids is 2.